The largest absolute Gasteiger partial charge is 0.264 e. The van der Waals surface area contributed by atoms with Crippen LogP contribution in [0.5, 0.6) is 0 Å². The molecule has 6 heteroatoms. The zero-order chi connectivity index (χ0) is 9.03. The molecule has 1 rings (SSSR count). The Balaban J connectivity index is 3.25. The Kier molecular flexibility index (Phi) is 2.32. The average molecular weight is 183 g/mol. The van der Waals surface area contributed by atoms with Crippen molar-refractivity contribution in [3.05, 3.63) is 40.8 Å². The van der Waals surface area contributed by atoms with E-state index < -0.39 is 10.0 Å². The molecule has 0 saturated heterocycles. The van der Waals surface area contributed by atoms with Crippen LogP contribution < -0.4 is 0 Å². The van der Waals surface area contributed by atoms with E-state index in [9.17, 15) is 8.42 Å². The van der Waals surface area contributed by atoms with Crippen LogP contribution in [0.4, 0.5) is 0 Å². The molecule has 0 aliphatic rings. The fraction of sp³-hybridized carbons (Fsp3) is 0. The molecule has 0 aliphatic heterocycles. The van der Waals surface area contributed by atoms with E-state index in [0.717, 1.165) is 0 Å². The normalized spacial score (nSPS) is 10.3. The SMILES string of the molecule is [N-]=[N+]=NS(=O)(=O)c1ccccc1. The van der Waals surface area contributed by atoms with Gasteiger partial charge in [-0.25, -0.2) is 8.42 Å². The Hall–Kier alpha value is -1.52. The van der Waals surface area contributed by atoms with Gasteiger partial charge in [0.25, 0.3) is 10.0 Å². The van der Waals surface area contributed by atoms with Gasteiger partial charge in [0, 0.05) is 9.43 Å². The van der Waals surface area contributed by atoms with Crippen molar-refractivity contribution in [1.82, 2.24) is 0 Å². The van der Waals surface area contributed by atoms with Crippen LogP contribution in [0.3, 0.4) is 0 Å². The summed E-state index contributed by atoms with van der Waals surface area (Å²) in [5.74, 6) is 0. The van der Waals surface area contributed by atoms with Crippen LogP contribution in [0.25, 0.3) is 10.4 Å². The van der Waals surface area contributed by atoms with E-state index in [1.807, 2.05) is 0 Å². The number of hydrogen-bond donors (Lipinski definition) is 0. The molecular weight excluding hydrogens is 178 g/mol. The van der Waals surface area contributed by atoms with E-state index in [4.69, 9.17) is 5.53 Å². The minimum absolute atomic E-state index is 0.00259. The fourth-order valence-electron chi connectivity index (χ4n) is 0.688. The average Bonchev–Trinajstić information content (AvgIpc) is 2.06. The monoisotopic (exact) mass is 183 g/mol. The molecule has 1 aromatic rings. The zero-order valence-corrected chi connectivity index (χ0v) is 6.77. The van der Waals surface area contributed by atoms with Crippen molar-refractivity contribution in [2.75, 3.05) is 0 Å². The Labute approximate surface area is 69.3 Å². The molecule has 0 aromatic heterocycles. The van der Waals surface area contributed by atoms with Gasteiger partial charge in [0.2, 0.25) is 0 Å². The van der Waals surface area contributed by atoms with Gasteiger partial charge in [-0.2, -0.15) is 0 Å². The third kappa shape index (κ3) is 1.75. The van der Waals surface area contributed by atoms with Gasteiger partial charge >= 0.3 is 0 Å². The van der Waals surface area contributed by atoms with Crippen LogP contribution in [-0.2, 0) is 10.0 Å². The number of rotatable bonds is 2. The lowest BCUT2D eigenvalue weighted by Gasteiger charge is -1.93. The molecule has 0 aliphatic carbocycles. The van der Waals surface area contributed by atoms with Crippen LogP contribution in [0.2, 0.25) is 0 Å². The molecule has 0 saturated carbocycles. The molecule has 62 valence electrons. The first-order valence-electron chi connectivity index (χ1n) is 3.03. The molecule has 0 N–H and O–H groups in total. The van der Waals surface area contributed by atoms with Crippen molar-refractivity contribution < 1.29 is 8.42 Å². The van der Waals surface area contributed by atoms with Crippen LogP contribution in [0.15, 0.2) is 39.7 Å². The minimum Gasteiger partial charge on any atom is -0.216 e. The van der Waals surface area contributed by atoms with Crippen molar-refractivity contribution in [1.29, 1.82) is 0 Å². The predicted molar refractivity (Wildman–Crippen MR) is 42.8 cm³/mol. The van der Waals surface area contributed by atoms with E-state index in [0.29, 0.717) is 0 Å². The first-order valence-corrected chi connectivity index (χ1v) is 4.47. The van der Waals surface area contributed by atoms with Gasteiger partial charge in [0.1, 0.15) is 0 Å². The second kappa shape index (κ2) is 3.25. The maximum Gasteiger partial charge on any atom is 0.264 e. The summed E-state index contributed by atoms with van der Waals surface area (Å²) < 4.78 is 24.7. The number of nitrogens with zero attached hydrogens (tertiary/aromatic N) is 3. The van der Waals surface area contributed by atoms with Gasteiger partial charge in [0.05, 0.1) is 4.90 Å². The van der Waals surface area contributed by atoms with Crippen LogP contribution in [0, 0.1) is 0 Å². The lowest BCUT2D eigenvalue weighted by Crippen LogP contribution is -1.93. The highest BCUT2D eigenvalue weighted by Crippen LogP contribution is 2.10. The van der Waals surface area contributed by atoms with E-state index in [2.05, 4.69) is 9.43 Å². The van der Waals surface area contributed by atoms with E-state index >= 15 is 0 Å². The van der Waals surface area contributed by atoms with Crippen molar-refractivity contribution in [2.45, 2.75) is 4.90 Å². The van der Waals surface area contributed by atoms with Gasteiger partial charge in [0.15, 0.2) is 0 Å². The van der Waals surface area contributed by atoms with Crippen molar-refractivity contribution in [3.63, 3.8) is 0 Å². The standard InChI is InChI=1S/C6H5N3O2S/c7-8-9-12(10,11)6-4-2-1-3-5-6/h1-5H. The van der Waals surface area contributed by atoms with Gasteiger partial charge in [-0.05, 0) is 17.7 Å². The third-order valence-electron chi connectivity index (χ3n) is 1.19. The number of sulfonamides is 1. The summed E-state index contributed by atoms with van der Waals surface area (Å²) in [5.41, 5.74) is 7.94. The number of benzene rings is 1. The molecule has 0 fully saturated rings. The second-order valence-electron chi connectivity index (χ2n) is 1.96. The molecule has 0 amide bonds. The highest BCUT2D eigenvalue weighted by atomic mass is 32.2. The Morgan fingerprint density at radius 2 is 1.83 bits per heavy atom. The highest BCUT2D eigenvalue weighted by molar-refractivity contribution is 7.90. The minimum atomic E-state index is -3.80. The summed E-state index contributed by atoms with van der Waals surface area (Å²) in [4.78, 5) is 2.22. The number of hydrogen-bond acceptors (Lipinski definition) is 2. The summed E-state index contributed by atoms with van der Waals surface area (Å²) in [5, 5.41) is 0. The van der Waals surface area contributed by atoms with Crippen LogP contribution in [-0.4, -0.2) is 8.42 Å². The Bertz CT molecular complexity index is 406. The molecule has 0 spiro atoms. The van der Waals surface area contributed by atoms with Crippen LogP contribution in [0.1, 0.15) is 0 Å². The summed E-state index contributed by atoms with van der Waals surface area (Å²) in [6.45, 7) is 0. The molecule has 12 heavy (non-hydrogen) atoms. The van der Waals surface area contributed by atoms with E-state index in [-0.39, 0.29) is 4.90 Å². The first-order chi connectivity index (χ1) is 5.67. The predicted octanol–water partition coefficient (Wildman–Crippen LogP) is 1.69. The van der Waals surface area contributed by atoms with Crippen molar-refractivity contribution >= 4 is 10.0 Å². The van der Waals surface area contributed by atoms with Gasteiger partial charge in [-0.15, -0.1) is 0 Å². The lowest BCUT2D eigenvalue weighted by molar-refractivity contribution is 0.597. The quantitative estimate of drug-likeness (QED) is 0.397. The van der Waals surface area contributed by atoms with E-state index in [1.54, 1.807) is 18.2 Å². The van der Waals surface area contributed by atoms with Gasteiger partial charge in [-0.3, -0.25) is 0 Å². The summed E-state index contributed by atoms with van der Waals surface area (Å²) in [6.07, 6.45) is 0. The van der Waals surface area contributed by atoms with Crippen LogP contribution >= 0.6 is 0 Å². The third-order valence-corrected chi connectivity index (χ3v) is 2.34. The second-order valence-corrected chi connectivity index (χ2v) is 3.54. The zero-order valence-electron chi connectivity index (χ0n) is 5.95. The Morgan fingerprint density at radius 1 is 1.25 bits per heavy atom. The molecule has 5 nitrogen and oxygen atoms in total. The van der Waals surface area contributed by atoms with Crippen molar-refractivity contribution in [3.8, 4) is 0 Å². The highest BCUT2D eigenvalue weighted by Gasteiger charge is 2.09. The van der Waals surface area contributed by atoms with E-state index in [1.165, 1.54) is 12.1 Å². The molecule has 0 atom stereocenters. The Morgan fingerprint density at radius 3 is 2.33 bits per heavy atom. The first kappa shape index (κ1) is 8.58. The molecule has 0 radical (unpaired) electrons. The topological polar surface area (TPSA) is 82.9 Å². The smallest absolute Gasteiger partial charge is 0.216 e. The molecular formula is C6H5N3O2S. The van der Waals surface area contributed by atoms with Crippen molar-refractivity contribution in [2.24, 2.45) is 4.52 Å². The molecule has 0 unspecified atom stereocenters. The number of azide groups is 1. The van der Waals surface area contributed by atoms with Gasteiger partial charge < -0.3 is 0 Å². The lowest BCUT2D eigenvalue weighted by atomic mass is 10.4. The summed E-state index contributed by atoms with van der Waals surface area (Å²) in [6, 6.07) is 7.52. The fourth-order valence-corrected chi connectivity index (χ4v) is 1.38. The summed E-state index contributed by atoms with van der Waals surface area (Å²) in [7, 11) is -3.80. The summed E-state index contributed by atoms with van der Waals surface area (Å²) >= 11 is 0. The molecule has 0 bridgehead atoms. The maximum absolute atomic E-state index is 11.0. The molecule has 1 aromatic carbocycles. The molecule has 0 heterocycles. The maximum atomic E-state index is 11.0. The van der Waals surface area contributed by atoms with Gasteiger partial charge in [-0.1, -0.05) is 18.2 Å².